The van der Waals surface area contributed by atoms with Crippen LogP contribution in [0.2, 0.25) is 0 Å². The number of carboxylic acid groups (broad SMARTS) is 3. The molecular weight excluding hydrogens is 276 g/mol. The second kappa shape index (κ2) is 14.8. The molecule has 0 aliphatic rings. The first-order chi connectivity index (χ1) is 5.78. The molecule has 0 rings (SSSR count). The fourth-order valence-corrected chi connectivity index (χ4v) is 0.684. The van der Waals surface area contributed by atoms with E-state index in [1.54, 1.807) is 0 Å². The summed E-state index contributed by atoms with van der Waals surface area (Å²) >= 11 is 0. The van der Waals surface area contributed by atoms with Gasteiger partial charge in [-0.05, 0) is 0 Å². The first-order valence-corrected chi connectivity index (χ1v) is 3.11. The maximum atomic E-state index is 10.1. The van der Waals surface area contributed by atoms with Crippen molar-refractivity contribution in [2.45, 2.75) is 18.4 Å². The van der Waals surface area contributed by atoms with Gasteiger partial charge in [-0.1, -0.05) is 0 Å². The Hall–Kier alpha value is 2.37. The predicted octanol–water partition coefficient (Wildman–Crippen LogP) is -17.1. The minimum absolute atomic E-state index is 0. The molecule has 0 heterocycles. The Morgan fingerprint density at radius 2 is 1.12 bits per heavy atom. The maximum absolute atomic E-state index is 10.1. The first kappa shape index (κ1) is 31.7. The van der Waals surface area contributed by atoms with Crippen molar-refractivity contribution in [3.63, 3.8) is 0 Å². The zero-order valence-corrected chi connectivity index (χ0v) is 18.3. The number of carbonyl (C=O) groups excluding carboxylic acids is 3. The first-order valence-electron chi connectivity index (χ1n) is 3.11. The summed E-state index contributed by atoms with van der Waals surface area (Å²) in [6.45, 7) is 0. The zero-order chi connectivity index (χ0) is 10.6. The van der Waals surface area contributed by atoms with Crippen LogP contribution in [0.25, 0.3) is 0 Å². The van der Waals surface area contributed by atoms with E-state index in [1.807, 2.05) is 0 Å². The fraction of sp³-hybridized carbons (Fsp3) is 0.500. The Morgan fingerprint density at radius 1 is 0.882 bits per heavy atom. The molecule has 0 saturated carbocycles. The molecule has 0 aliphatic heterocycles. The van der Waals surface area contributed by atoms with Gasteiger partial charge >= 0.3 is 118 Å². The predicted molar refractivity (Wildman–Crippen MR) is 30.3 cm³/mol. The van der Waals surface area contributed by atoms with Crippen molar-refractivity contribution in [1.29, 1.82) is 0 Å². The molecule has 0 aromatic carbocycles. The molecule has 0 bridgehead atoms. The van der Waals surface area contributed by atoms with Gasteiger partial charge in [0.2, 0.25) is 0 Å². The molecule has 0 radical (unpaired) electrons. The van der Waals surface area contributed by atoms with E-state index in [0.717, 1.165) is 0 Å². The Bertz CT molecular complexity index is 246. The largest absolute Gasteiger partial charge is 1.00 e. The number of rotatable bonds is 5. The van der Waals surface area contributed by atoms with Crippen LogP contribution in [-0.4, -0.2) is 28.6 Å². The monoisotopic (exact) mass is 282 g/mol. The van der Waals surface area contributed by atoms with E-state index in [2.05, 4.69) is 0 Å². The molecule has 0 saturated heterocycles. The topological polar surface area (TPSA) is 141 Å². The third-order valence-electron chi connectivity index (χ3n) is 1.25. The average Bonchev–Trinajstić information content (AvgIpc) is 1.82. The summed E-state index contributed by atoms with van der Waals surface area (Å²) in [5.74, 6) is -5.98. The molecule has 76 valence electrons. The van der Waals surface area contributed by atoms with Gasteiger partial charge in [0.05, 0.1) is 5.97 Å². The van der Waals surface area contributed by atoms with Crippen LogP contribution in [0.1, 0.15) is 14.3 Å². The van der Waals surface area contributed by atoms with Gasteiger partial charge in [-0.3, -0.25) is 0 Å². The normalized spacial score (nSPS) is 8.29. The molecule has 0 amide bonds. The SMILES string of the molecule is O=C([O-])CC(O)(CC(=O)[O-])C(=O)[O-].[H-].[Na+].[Na+].[Na+].[Na+]. The quantitative estimate of drug-likeness (QED) is 0.493. The summed E-state index contributed by atoms with van der Waals surface area (Å²) < 4.78 is 0. The van der Waals surface area contributed by atoms with Gasteiger partial charge in [-0.15, -0.1) is 0 Å². The second-order valence-corrected chi connectivity index (χ2v) is 2.42. The van der Waals surface area contributed by atoms with E-state index in [-0.39, 0.29) is 120 Å². The number of carbonyl (C=O) groups is 3. The minimum atomic E-state index is -2.97. The Labute approximate surface area is 187 Å². The third kappa shape index (κ3) is 14.6. The molecule has 0 aliphatic carbocycles. The minimum Gasteiger partial charge on any atom is -1.00 e. The van der Waals surface area contributed by atoms with Crippen molar-refractivity contribution in [3.8, 4) is 0 Å². The van der Waals surface area contributed by atoms with Gasteiger partial charge in [0.1, 0.15) is 5.60 Å². The summed E-state index contributed by atoms with van der Waals surface area (Å²) in [5.41, 5.74) is -2.97. The van der Waals surface area contributed by atoms with E-state index in [0.29, 0.717) is 0 Å². The molecular formula is C6H6Na4O7. The number of hydrogen-bond donors (Lipinski definition) is 1. The van der Waals surface area contributed by atoms with Crippen LogP contribution in [0, 0.1) is 0 Å². The van der Waals surface area contributed by atoms with Crippen LogP contribution in [0.4, 0.5) is 0 Å². The molecule has 0 fully saturated rings. The van der Waals surface area contributed by atoms with Crippen molar-refractivity contribution in [1.82, 2.24) is 0 Å². The molecule has 0 aromatic heterocycles. The summed E-state index contributed by atoms with van der Waals surface area (Å²) in [6.07, 6.45) is -2.72. The van der Waals surface area contributed by atoms with Gasteiger partial charge in [0.25, 0.3) is 0 Å². The van der Waals surface area contributed by atoms with Gasteiger partial charge in [0, 0.05) is 24.8 Å². The van der Waals surface area contributed by atoms with Crippen molar-refractivity contribution in [3.05, 3.63) is 0 Å². The van der Waals surface area contributed by atoms with Crippen LogP contribution in [0.3, 0.4) is 0 Å². The average molecular weight is 282 g/mol. The molecule has 7 nitrogen and oxygen atoms in total. The van der Waals surface area contributed by atoms with Gasteiger partial charge in [-0.2, -0.15) is 0 Å². The summed E-state index contributed by atoms with van der Waals surface area (Å²) in [5, 5.41) is 38.9. The van der Waals surface area contributed by atoms with Crippen LogP contribution >= 0.6 is 0 Å². The fourth-order valence-electron chi connectivity index (χ4n) is 0.684. The van der Waals surface area contributed by atoms with Gasteiger partial charge < -0.3 is 36.2 Å². The molecule has 0 atom stereocenters. The summed E-state index contributed by atoms with van der Waals surface area (Å²) in [4.78, 5) is 30.0. The standard InChI is InChI=1S/C6H8O7.4Na.H/c7-3(8)1-6(13,5(11)12)2-4(9)10;;;;;/h13H,1-2H2,(H,7,8)(H,9,10)(H,11,12);;;;;/q;4*+1;-1/p-3. The van der Waals surface area contributed by atoms with Crippen molar-refractivity contribution < 1.29 is 154 Å². The van der Waals surface area contributed by atoms with Crippen LogP contribution < -0.4 is 134 Å². The maximum Gasteiger partial charge on any atom is 1.00 e. The molecule has 17 heavy (non-hydrogen) atoms. The third-order valence-corrected chi connectivity index (χ3v) is 1.25. The van der Waals surface area contributed by atoms with Crippen molar-refractivity contribution in [2.75, 3.05) is 0 Å². The van der Waals surface area contributed by atoms with Crippen LogP contribution in [0.5, 0.6) is 0 Å². The molecule has 0 aromatic rings. The Morgan fingerprint density at radius 3 is 1.24 bits per heavy atom. The zero-order valence-electron chi connectivity index (χ0n) is 11.3. The van der Waals surface area contributed by atoms with E-state index in [1.165, 1.54) is 0 Å². The smallest absolute Gasteiger partial charge is 1.00 e. The Kier molecular flexibility index (Phi) is 27.5. The van der Waals surface area contributed by atoms with E-state index < -0.39 is 36.4 Å². The second-order valence-electron chi connectivity index (χ2n) is 2.42. The van der Waals surface area contributed by atoms with E-state index >= 15 is 0 Å². The number of aliphatic hydroxyl groups is 1. The summed E-state index contributed by atoms with van der Waals surface area (Å²) in [6, 6.07) is 0. The van der Waals surface area contributed by atoms with Crippen LogP contribution in [-0.2, 0) is 14.4 Å². The molecule has 0 unspecified atom stereocenters. The number of hydrogen-bond acceptors (Lipinski definition) is 7. The van der Waals surface area contributed by atoms with E-state index in [9.17, 15) is 29.7 Å². The number of aliphatic carboxylic acids is 3. The van der Waals surface area contributed by atoms with Crippen LogP contribution in [0.15, 0.2) is 0 Å². The van der Waals surface area contributed by atoms with E-state index in [4.69, 9.17) is 5.11 Å². The van der Waals surface area contributed by atoms with Gasteiger partial charge in [0.15, 0.2) is 0 Å². The van der Waals surface area contributed by atoms with Crippen molar-refractivity contribution in [2.24, 2.45) is 0 Å². The molecule has 1 N–H and O–H groups in total. The van der Waals surface area contributed by atoms with Crippen molar-refractivity contribution >= 4 is 17.9 Å². The molecule has 0 spiro atoms. The van der Waals surface area contributed by atoms with Gasteiger partial charge in [-0.25, -0.2) is 0 Å². The number of carboxylic acids is 3. The Balaban J connectivity index is -0.0000000720. The molecule has 11 heteroatoms. The summed E-state index contributed by atoms with van der Waals surface area (Å²) in [7, 11) is 0.